The summed E-state index contributed by atoms with van der Waals surface area (Å²) >= 11 is 0. The second-order valence-corrected chi connectivity index (χ2v) is 5.97. The van der Waals surface area contributed by atoms with Crippen molar-refractivity contribution in [3.05, 3.63) is 29.2 Å². The first-order valence-corrected chi connectivity index (χ1v) is 7.27. The van der Waals surface area contributed by atoms with Crippen LogP contribution in [-0.2, 0) is 13.0 Å². The van der Waals surface area contributed by atoms with Crippen LogP contribution in [0.4, 0.5) is 0 Å². The minimum absolute atomic E-state index is 0.411. The molecule has 1 atom stereocenters. The lowest BCUT2D eigenvalue weighted by molar-refractivity contribution is -0.0374. The fraction of sp³-hybridized carbons (Fsp3) is 0.643. The molecule has 2 N–H and O–H groups in total. The Morgan fingerprint density at radius 1 is 1.48 bits per heavy atom. The van der Waals surface area contributed by atoms with Gasteiger partial charge in [-0.2, -0.15) is 10.1 Å². The number of piperidine rings is 1. The lowest BCUT2D eigenvalue weighted by Crippen LogP contribution is -2.49. The standard InChI is InChI=1S/C14H21N5O2/c1-10-12(7-15-17-10)8-19-5-3-4-14(20,9-19)6-13-16-11(2)18-21-13/h7,20H,3-6,8-9H2,1-2H3,(H,15,17). The molecule has 3 heterocycles. The van der Waals surface area contributed by atoms with E-state index in [0.717, 1.165) is 31.6 Å². The van der Waals surface area contributed by atoms with E-state index in [1.807, 2.05) is 13.1 Å². The molecule has 1 aliphatic rings. The maximum absolute atomic E-state index is 10.8. The highest BCUT2D eigenvalue weighted by Gasteiger charge is 2.35. The molecule has 0 aromatic carbocycles. The number of aryl methyl sites for hydroxylation is 2. The molecule has 0 aliphatic carbocycles. The number of rotatable bonds is 4. The molecule has 0 amide bonds. The first kappa shape index (κ1) is 14.2. The zero-order valence-electron chi connectivity index (χ0n) is 12.5. The molecule has 1 unspecified atom stereocenters. The van der Waals surface area contributed by atoms with Crippen molar-refractivity contribution in [1.29, 1.82) is 0 Å². The summed E-state index contributed by atoms with van der Waals surface area (Å²) in [5, 5.41) is 21.6. The zero-order chi connectivity index (χ0) is 14.9. The van der Waals surface area contributed by atoms with Crippen molar-refractivity contribution in [2.24, 2.45) is 0 Å². The van der Waals surface area contributed by atoms with Gasteiger partial charge in [0.2, 0.25) is 5.89 Å². The Morgan fingerprint density at radius 2 is 2.33 bits per heavy atom. The molecule has 1 saturated heterocycles. The van der Waals surface area contributed by atoms with Gasteiger partial charge in [-0.05, 0) is 33.2 Å². The van der Waals surface area contributed by atoms with Crippen LogP contribution in [0.3, 0.4) is 0 Å². The zero-order valence-corrected chi connectivity index (χ0v) is 12.5. The van der Waals surface area contributed by atoms with Crippen LogP contribution in [0, 0.1) is 13.8 Å². The molecule has 7 nitrogen and oxygen atoms in total. The molecule has 1 fully saturated rings. The topological polar surface area (TPSA) is 91.1 Å². The van der Waals surface area contributed by atoms with Gasteiger partial charge in [-0.15, -0.1) is 0 Å². The van der Waals surface area contributed by atoms with Crippen molar-refractivity contribution in [2.75, 3.05) is 13.1 Å². The smallest absolute Gasteiger partial charge is 0.229 e. The van der Waals surface area contributed by atoms with E-state index in [9.17, 15) is 5.11 Å². The largest absolute Gasteiger partial charge is 0.388 e. The van der Waals surface area contributed by atoms with Crippen LogP contribution in [0.15, 0.2) is 10.7 Å². The molecule has 3 rings (SSSR count). The number of β-amino-alcohol motifs (C(OH)–C–C–N with tert-alkyl or cyclic N) is 1. The molecule has 0 bridgehead atoms. The fourth-order valence-electron chi connectivity index (χ4n) is 2.95. The minimum Gasteiger partial charge on any atom is -0.388 e. The molecular formula is C14H21N5O2. The van der Waals surface area contributed by atoms with Crippen molar-refractivity contribution >= 4 is 0 Å². The minimum atomic E-state index is -0.797. The molecule has 114 valence electrons. The van der Waals surface area contributed by atoms with Gasteiger partial charge in [0.25, 0.3) is 0 Å². The normalized spacial score (nSPS) is 23.6. The van der Waals surface area contributed by atoms with Crippen molar-refractivity contribution in [2.45, 2.75) is 45.3 Å². The SMILES string of the molecule is Cc1noc(CC2(O)CCCN(Cc3cn[nH]c3C)C2)n1. The van der Waals surface area contributed by atoms with Crippen molar-refractivity contribution in [3.63, 3.8) is 0 Å². The Kier molecular flexibility index (Phi) is 3.77. The van der Waals surface area contributed by atoms with Gasteiger partial charge in [0, 0.05) is 24.3 Å². The summed E-state index contributed by atoms with van der Waals surface area (Å²) in [6.45, 7) is 6.19. The van der Waals surface area contributed by atoms with Crippen molar-refractivity contribution in [1.82, 2.24) is 25.2 Å². The Morgan fingerprint density at radius 3 is 3.00 bits per heavy atom. The van der Waals surface area contributed by atoms with Gasteiger partial charge < -0.3 is 9.63 Å². The van der Waals surface area contributed by atoms with E-state index < -0.39 is 5.60 Å². The molecule has 0 saturated carbocycles. The summed E-state index contributed by atoms with van der Waals surface area (Å²) < 4.78 is 5.14. The summed E-state index contributed by atoms with van der Waals surface area (Å²) in [6.07, 6.45) is 3.98. The van der Waals surface area contributed by atoms with E-state index in [2.05, 4.69) is 25.2 Å². The van der Waals surface area contributed by atoms with Gasteiger partial charge in [0.15, 0.2) is 5.82 Å². The Hall–Kier alpha value is -1.73. The Bertz CT molecular complexity index is 608. The van der Waals surface area contributed by atoms with Crippen LogP contribution < -0.4 is 0 Å². The van der Waals surface area contributed by atoms with Gasteiger partial charge in [-0.3, -0.25) is 10.00 Å². The second kappa shape index (κ2) is 5.57. The number of aromatic amines is 1. The number of likely N-dealkylation sites (tertiary alicyclic amines) is 1. The second-order valence-electron chi connectivity index (χ2n) is 5.97. The molecule has 0 radical (unpaired) electrons. The van der Waals surface area contributed by atoms with Crippen molar-refractivity contribution in [3.8, 4) is 0 Å². The third kappa shape index (κ3) is 3.30. The van der Waals surface area contributed by atoms with E-state index in [0.29, 0.717) is 24.7 Å². The third-order valence-corrected chi connectivity index (χ3v) is 4.01. The van der Waals surface area contributed by atoms with Gasteiger partial charge in [-0.1, -0.05) is 5.16 Å². The van der Waals surface area contributed by atoms with E-state index in [4.69, 9.17) is 4.52 Å². The van der Waals surface area contributed by atoms with Crippen LogP contribution in [-0.4, -0.2) is 49.0 Å². The summed E-state index contributed by atoms with van der Waals surface area (Å²) in [6, 6.07) is 0. The average Bonchev–Trinajstić information content (AvgIpc) is 2.99. The Balaban J connectivity index is 1.65. The number of H-pyrrole nitrogens is 1. The fourth-order valence-corrected chi connectivity index (χ4v) is 2.95. The number of nitrogens with one attached hydrogen (secondary N) is 1. The molecule has 21 heavy (non-hydrogen) atoms. The number of aliphatic hydroxyl groups is 1. The molecular weight excluding hydrogens is 270 g/mol. The van der Waals surface area contributed by atoms with Crippen LogP contribution in [0.2, 0.25) is 0 Å². The molecule has 2 aromatic rings. The number of aromatic nitrogens is 4. The first-order valence-electron chi connectivity index (χ1n) is 7.27. The van der Waals surface area contributed by atoms with Gasteiger partial charge in [0.1, 0.15) is 0 Å². The number of nitrogens with zero attached hydrogens (tertiary/aromatic N) is 4. The lowest BCUT2D eigenvalue weighted by Gasteiger charge is -2.38. The molecule has 2 aromatic heterocycles. The van der Waals surface area contributed by atoms with Crippen molar-refractivity contribution < 1.29 is 9.63 Å². The highest BCUT2D eigenvalue weighted by Crippen LogP contribution is 2.26. The predicted octanol–water partition coefficient (Wildman–Crippen LogP) is 0.979. The van der Waals surface area contributed by atoms with Crippen LogP contribution in [0.1, 0.15) is 35.8 Å². The summed E-state index contributed by atoms with van der Waals surface area (Å²) in [5.41, 5.74) is 1.46. The lowest BCUT2D eigenvalue weighted by atomic mass is 9.89. The van der Waals surface area contributed by atoms with E-state index in [1.165, 1.54) is 5.56 Å². The number of hydrogen-bond acceptors (Lipinski definition) is 6. The average molecular weight is 291 g/mol. The first-order chi connectivity index (χ1) is 10.0. The molecule has 7 heteroatoms. The van der Waals surface area contributed by atoms with Crippen LogP contribution in [0.5, 0.6) is 0 Å². The van der Waals surface area contributed by atoms with Crippen LogP contribution in [0.25, 0.3) is 0 Å². The van der Waals surface area contributed by atoms with Gasteiger partial charge >= 0.3 is 0 Å². The Labute approximate surface area is 123 Å². The number of hydrogen-bond donors (Lipinski definition) is 2. The molecule has 0 spiro atoms. The summed E-state index contributed by atoms with van der Waals surface area (Å²) in [7, 11) is 0. The highest BCUT2D eigenvalue weighted by molar-refractivity contribution is 5.14. The van der Waals surface area contributed by atoms with Crippen LogP contribution >= 0.6 is 0 Å². The summed E-state index contributed by atoms with van der Waals surface area (Å²) in [5.74, 6) is 1.12. The highest BCUT2D eigenvalue weighted by atomic mass is 16.5. The maximum atomic E-state index is 10.8. The third-order valence-electron chi connectivity index (χ3n) is 4.01. The van der Waals surface area contributed by atoms with Gasteiger partial charge in [-0.25, -0.2) is 0 Å². The van der Waals surface area contributed by atoms with E-state index in [1.54, 1.807) is 6.92 Å². The molecule has 1 aliphatic heterocycles. The van der Waals surface area contributed by atoms with E-state index in [-0.39, 0.29) is 0 Å². The monoisotopic (exact) mass is 291 g/mol. The van der Waals surface area contributed by atoms with Gasteiger partial charge in [0.05, 0.1) is 18.2 Å². The predicted molar refractivity (Wildman–Crippen MR) is 75.5 cm³/mol. The quantitative estimate of drug-likeness (QED) is 0.872. The maximum Gasteiger partial charge on any atom is 0.229 e. The van der Waals surface area contributed by atoms with E-state index >= 15 is 0 Å². The summed E-state index contributed by atoms with van der Waals surface area (Å²) in [4.78, 5) is 6.45.